The van der Waals surface area contributed by atoms with Gasteiger partial charge in [-0.15, -0.1) is 0 Å². The van der Waals surface area contributed by atoms with E-state index >= 15 is 0 Å². The summed E-state index contributed by atoms with van der Waals surface area (Å²) in [5.74, 6) is 1.02. The molecule has 5 aromatic rings. The van der Waals surface area contributed by atoms with Gasteiger partial charge in [0.2, 0.25) is 0 Å². The molecule has 1 aliphatic rings. The van der Waals surface area contributed by atoms with Crippen LogP contribution in [0.4, 0.5) is 5.69 Å². The number of nitrogens with zero attached hydrogens (tertiary/aromatic N) is 2. The Hall–Kier alpha value is -3.59. The number of benzene rings is 4. The fourth-order valence-electron chi connectivity index (χ4n) is 4.22. The molecule has 27 heavy (non-hydrogen) atoms. The number of hydrogen-bond acceptors (Lipinski definition) is 2. The molecule has 1 aromatic heterocycles. The van der Waals surface area contributed by atoms with Crippen molar-refractivity contribution in [3.8, 4) is 11.4 Å². The molecule has 0 saturated carbocycles. The Labute approximate surface area is 156 Å². The lowest BCUT2D eigenvalue weighted by Crippen LogP contribution is -2.25. The van der Waals surface area contributed by atoms with Gasteiger partial charge in [0, 0.05) is 16.8 Å². The van der Waals surface area contributed by atoms with Gasteiger partial charge in [-0.2, -0.15) is 0 Å². The van der Waals surface area contributed by atoms with Crippen molar-refractivity contribution in [2.24, 2.45) is 0 Å². The topological polar surface area (TPSA) is 29.9 Å². The number of anilines is 1. The number of fused-ring (bicyclic) bond motifs is 6. The molecular weight excluding hydrogens is 330 g/mol. The van der Waals surface area contributed by atoms with Crippen molar-refractivity contribution >= 4 is 27.5 Å². The molecule has 3 heteroatoms. The molecule has 1 unspecified atom stereocenters. The lowest BCUT2D eigenvalue weighted by molar-refractivity contribution is 0.674. The number of para-hydroxylation sites is 3. The van der Waals surface area contributed by atoms with Crippen LogP contribution in [-0.2, 0) is 0 Å². The molecule has 0 fully saturated rings. The van der Waals surface area contributed by atoms with Crippen LogP contribution in [0.1, 0.15) is 11.7 Å². The van der Waals surface area contributed by atoms with Crippen molar-refractivity contribution in [1.82, 2.24) is 9.55 Å². The summed E-state index contributed by atoms with van der Waals surface area (Å²) in [6.07, 6.45) is -0.00611. The van der Waals surface area contributed by atoms with E-state index in [1.807, 2.05) is 6.07 Å². The third-order valence-corrected chi connectivity index (χ3v) is 5.43. The molecule has 0 spiro atoms. The average molecular weight is 347 g/mol. The molecule has 0 radical (unpaired) electrons. The summed E-state index contributed by atoms with van der Waals surface area (Å²) in [6, 6.07) is 31.9. The predicted molar refractivity (Wildman–Crippen MR) is 111 cm³/mol. The molecule has 1 atom stereocenters. The van der Waals surface area contributed by atoms with E-state index in [0.29, 0.717) is 0 Å². The van der Waals surface area contributed by atoms with Crippen LogP contribution in [0.15, 0.2) is 91.0 Å². The van der Waals surface area contributed by atoms with Crippen molar-refractivity contribution in [2.45, 2.75) is 6.17 Å². The van der Waals surface area contributed by atoms with Crippen LogP contribution in [0.3, 0.4) is 0 Å². The van der Waals surface area contributed by atoms with E-state index in [9.17, 15) is 0 Å². The van der Waals surface area contributed by atoms with Crippen molar-refractivity contribution in [3.05, 3.63) is 96.6 Å². The van der Waals surface area contributed by atoms with Gasteiger partial charge in [0.05, 0.1) is 11.0 Å². The molecule has 6 rings (SSSR count). The number of rotatable bonds is 1. The third kappa shape index (κ3) is 2.05. The first-order valence-corrected chi connectivity index (χ1v) is 9.21. The van der Waals surface area contributed by atoms with Gasteiger partial charge in [-0.1, -0.05) is 66.7 Å². The quantitative estimate of drug-likeness (QED) is 0.413. The minimum atomic E-state index is -0.00611. The summed E-state index contributed by atoms with van der Waals surface area (Å²) < 4.78 is 2.33. The molecule has 3 nitrogen and oxygen atoms in total. The number of imidazole rings is 1. The zero-order valence-corrected chi connectivity index (χ0v) is 14.6. The second-order valence-corrected chi connectivity index (χ2v) is 6.95. The van der Waals surface area contributed by atoms with E-state index < -0.39 is 0 Å². The summed E-state index contributed by atoms with van der Waals surface area (Å²) in [7, 11) is 0. The molecule has 0 bridgehead atoms. The van der Waals surface area contributed by atoms with E-state index in [-0.39, 0.29) is 6.17 Å². The van der Waals surface area contributed by atoms with E-state index in [0.717, 1.165) is 28.1 Å². The van der Waals surface area contributed by atoms with Gasteiger partial charge >= 0.3 is 0 Å². The van der Waals surface area contributed by atoms with Gasteiger partial charge in [-0.3, -0.25) is 4.57 Å². The van der Waals surface area contributed by atoms with Gasteiger partial charge < -0.3 is 5.32 Å². The summed E-state index contributed by atoms with van der Waals surface area (Å²) in [4.78, 5) is 4.97. The smallest absolute Gasteiger partial charge is 0.145 e. The second kappa shape index (κ2) is 5.45. The maximum absolute atomic E-state index is 4.97. The van der Waals surface area contributed by atoms with Gasteiger partial charge in [0.1, 0.15) is 12.0 Å². The molecule has 128 valence electrons. The van der Waals surface area contributed by atoms with Crippen LogP contribution in [-0.4, -0.2) is 9.55 Å². The zero-order valence-electron chi connectivity index (χ0n) is 14.6. The van der Waals surface area contributed by atoms with Crippen molar-refractivity contribution < 1.29 is 0 Å². The maximum Gasteiger partial charge on any atom is 0.145 e. The first kappa shape index (κ1) is 14.6. The lowest BCUT2D eigenvalue weighted by atomic mass is 10.00. The molecule has 0 aliphatic carbocycles. The van der Waals surface area contributed by atoms with E-state index in [4.69, 9.17) is 4.98 Å². The summed E-state index contributed by atoms with van der Waals surface area (Å²) in [5, 5.41) is 6.28. The van der Waals surface area contributed by atoms with Crippen LogP contribution in [0.5, 0.6) is 0 Å². The van der Waals surface area contributed by atoms with Gasteiger partial charge in [-0.05, 0) is 35.0 Å². The fourth-order valence-corrected chi connectivity index (χ4v) is 4.22. The highest BCUT2D eigenvalue weighted by atomic mass is 15.2. The summed E-state index contributed by atoms with van der Waals surface area (Å²) >= 11 is 0. The van der Waals surface area contributed by atoms with Crippen molar-refractivity contribution in [1.29, 1.82) is 0 Å². The SMILES string of the molecule is c1ccc2c(c1)NC(c1cccc3ccccc13)n1c-2nc2ccccc21. The van der Waals surface area contributed by atoms with E-state index in [2.05, 4.69) is 94.8 Å². The highest BCUT2D eigenvalue weighted by Gasteiger charge is 2.28. The lowest BCUT2D eigenvalue weighted by Gasteiger charge is -2.31. The summed E-state index contributed by atoms with van der Waals surface area (Å²) in [5.41, 5.74) is 5.69. The predicted octanol–water partition coefficient (Wildman–Crippen LogP) is 5.83. The molecule has 0 amide bonds. The van der Waals surface area contributed by atoms with Crippen molar-refractivity contribution in [3.63, 3.8) is 0 Å². The van der Waals surface area contributed by atoms with Gasteiger partial charge in [0.15, 0.2) is 0 Å². The number of nitrogens with one attached hydrogen (secondary N) is 1. The molecular formula is C24H17N3. The molecule has 2 heterocycles. The Balaban J connectivity index is 1.70. The minimum Gasteiger partial charge on any atom is -0.361 e. The molecule has 1 N–H and O–H groups in total. The zero-order chi connectivity index (χ0) is 17.8. The first-order chi connectivity index (χ1) is 13.4. The highest BCUT2D eigenvalue weighted by Crippen LogP contribution is 2.41. The monoisotopic (exact) mass is 347 g/mol. The second-order valence-electron chi connectivity index (χ2n) is 6.95. The van der Waals surface area contributed by atoms with Crippen LogP contribution in [0, 0.1) is 0 Å². The fraction of sp³-hybridized carbons (Fsp3) is 0.0417. The van der Waals surface area contributed by atoms with Crippen LogP contribution in [0.2, 0.25) is 0 Å². The number of hydrogen-bond donors (Lipinski definition) is 1. The van der Waals surface area contributed by atoms with Crippen LogP contribution >= 0.6 is 0 Å². The van der Waals surface area contributed by atoms with Gasteiger partial charge in [0.25, 0.3) is 0 Å². The average Bonchev–Trinajstić information content (AvgIpc) is 3.13. The maximum atomic E-state index is 4.97. The van der Waals surface area contributed by atoms with Crippen LogP contribution < -0.4 is 5.32 Å². The Kier molecular flexibility index (Phi) is 2.94. The Morgan fingerprint density at radius 1 is 0.741 bits per heavy atom. The summed E-state index contributed by atoms with van der Waals surface area (Å²) in [6.45, 7) is 0. The Bertz CT molecular complexity index is 1310. The molecule has 1 aliphatic heterocycles. The molecule has 4 aromatic carbocycles. The Morgan fingerprint density at radius 2 is 1.52 bits per heavy atom. The van der Waals surface area contributed by atoms with Crippen molar-refractivity contribution in [2.75, 3.05) is 5.32 Å². The van der Waals surface area contributed by atoms with Gasteiger partial charge in [-0.25, -0.2) is 4.98 Å². The molecule has 0 saturated heterocycles. The van der Waals surface area contributed by atoms with Crippen LogP contribution in [0.25, 0.3) is 33.2 Å². The minimum absolute atomic E-state index is 0.00611. The first-order valence-electron chi connectivity index (χ1n) is 9.21. The third-order valence-electron chi connectivity index (χ3n) is 5.43. The standard InChI is InChI=1S/C24H17N3/c1-2-10-17-16(8-1)9-7-12-18(17)23-25-20-13-4-3-11-19(20)24-26-21-14-5-6-15-22(21)27(23)24/h1-15,23,25H. The van der Waals surface area contributed by atoms with E-state index in [1.54, 1.807) is 0 Å². The number of aromatic nitrogens is 2. The van der Waals surface area contributed by atoms with E-state index in [1.165, 1.54) is 16.3 Å². The Morgan fingerprint density at radius 3 is 2.52 bits per heavy atom. The normalized spacial score (nSPS) is 15.3. The highest BCUT2D eigenvalue weighted by molar-refractivity contribution is 5.90. The largest absolute Gasteiger partial charge is 0.361 e.